The van der Waals surface area contributed by atoms with E-state index in [1.54, 1.807) is 68.2 Å². The number of aromatic nitrogens is 11. The smallest absolute Gasteiger partial charge is 0.115 e. The minimum absolute atomic E-state index is 0.961. The first-order valence-corrected chi connectivity index (χ1v) is 15.3. The number of hydrogen-bond acceptors (Lipinski definition) is 11. The summed E-state index contributed by atoms with van der Waals surface area (Å²) in [6, 6.07) is 17.5. The van der Waals surface area contributed by atoms with Crippen LogP contribution >= 0.6 is 0 Å². The maximum Gasteiger partial charge on any atom is 0.115 e. The fraction of sp³-hybridized carbons (Fsp3) is 0.184. The zero-order valence-electron chi connectivity index (χ0n) is 29.3. The number of nitrogens with zero attached hydrogens (tertiary/aromatic N) is 11. The minimum Gasteiger partial charge on any atom is -0.265 e. The van der Waals surface area contributed by atoms with Crippen molar-refractivity contribution in [1.29, 1.82) is 0 Å². The molecule has 7 heterocycles. The van der Waals surface area contributed by atoms with Crippen LogP contribution in [0.3, 0.4) is 0 Å². The summed E-state index contributed by atoms with van der Waals surface area (Å²) < 4.78 is 0. The molecule has 49 heavy (non-hydrogen) atoms. The van der Waals surface area contributed by atoms with Crippen LogP contribution in [0, 0.1) is 48.5 Å². The topological polar surface area (TPSA) is 142 Å². The van der Waals surface area contributed by atoms with Crippen LogP contribution < -0.4 is 0 Å². The van der Waals surface area contributed by atoms with Gasteiger partial charge in [0.2, 0.25) is 0 Å². The van der Waals surface area contributed by atoms with Crippen molar-refractivity contribution < 1.29 is 0 Å². The van der Waals surface area contributed by atoms with Crippen molar-refractivity contribution in [2.45, 2.75) is 48.5 Å². The molecule has 0 radical (unpaired) electrons. The van der Waals surface area contributed by atoms with Crippen LogP contribution in [0.5, 0.6) is 0 Å². The van der Waals surface area contributed by atoms with Crippen LogP contribution in [0.4, 0.5) is 0 Å². The normalized spacial score (nSPS) is 8.71. The minimum atomic E-state index is 0.961. The molecule has 7 aromatic heterocycles. The number of hydrogen-bond donors (Lipinski definition) is 0. The standard InChI is InChI=1S/3C6H7N.4C5H6N2/c1-6-2-4-7-5-3-6;1-6-3-2-4-7-5-6;1-6-4-2-3-5-7-6;1-5-2-6-4-7-3-5;1-5-4-6-2-3-7-5;2*1-5-2-3-6-4-7-5/h3*2-5H,1H3;4*2-4H,1H3. The maximum atomic E-state index is 3.98. The molecule has 0 aliphatic heterocycles. The van der Waals surface area contributed by atoms with E-state index in [9.17, 15) is 0 Å². The summed E-state index contributed by atoms with van der Waals surface area (Å²) in [6.45, 7) is 13.8. The molecule has 0 fully saturated rings. The molecular weight excluding hydrogens is 610 g/mol. The van der Waals surface area contributed by atoms with Gasteiger partial charge in [-0.15, -0.1) is 0 Å². The van der Waals surface area contributed by atoms with E-state index in [0.29, 0.717) is 0 Å². The third kappa shape index (κ3) is 26.7. The van der Waals surface area contributed by atoms with Gasteiger partial charge >= 0.3 is 0 Å². The van der Waals surface area contributed by atoms with Gasteiger partial charge in [0.05, 0.1) is 5.69 Å². The summed E-state index contributed by atoms with van der Waals surface area (Å²) in [5.41, 5.74) is 7.62. The first-order valence-electron chi connectivity index (χ1n) is 15.3. The van der Waals surface area contributed by atoms with Crippen molar-refractivity contribution in [1.82, 2.24) is 54.8 Å². The molecule has 11 heteroatoms. The van der Waals surface area contributed by atoms with Gasteiger partial charge in [0.25, 0.3) is 0 Å². The highest BCUT2D eigenvalue weighted by atomic mass is 14.8. The average molecular weight is 656 g/mol. The molecule has 0 aliphatic rings. The molecule has 0 aromatic carbocycles. The Kier molecular flexibility index (Phi) is 23.3. The molecule has 0 bridgehead atoms. The number of aryl methyl sites for hydroxylation is 7. The van der Waals surface area contributed by atoms with Crippen molar-refractivity contribution in [3.63, 3.8) is 0 Å². The van der Waals surface area contributed by atoms with Gasteiger partial charge in [-0.25, -0.2) is 29.9 Å². The highest BCUT2D eigenvalue weighted by Gasteiger charge is 1.77. The van der Waals surface area contributed by atoms with Crippen LogP contribution in [0.25, 0.3) is 0 Å². The molecule has 0 unspecified atom stereocenters. The highest BCUT2D eigenvalue weighted by molar-refractivity contribution is 5.06. The summed E-state index contributed by atoms with van der Waals surface area (Å²) in [6.07, 6.45) is 25.6. The summed E-state index contributed by atoms with van der Waals surface area (Å²) in [5, 5.41) is 0. The predicted molar refractivity (Wildman–Crippen MR) is 194 cm³/mol. The predicted octanol–water partition coefficient (Wildman–Crippen LogP) is 7.31. The Balaban J connectivity index is 0.000000286. The Morgan fingerprint density at radius 3 is 1.08 bits per heavy atom. The number of rotatable bonds is 0. The molecule has 0 amide bonds. The molecule has 0 N–H and O–H groups in total. The summed E-state index contributed by atoms with van der Waals surface area (Å²) in [5.74, 6) is 0. The zero-order valence-corrected chi connectivity index (χ0v) is 29.3. The number of pyridine rings is 3. The summed E-state index contributed by atoms with van der Waals surface area (Å²) in [7, 11) is 0. The third-order valence-electron chi connectivity index (χ3n) is 5.31. The fourth-order valence-electron chi connectivity index (χ4n) is 2.78. The second-order valence-electron chi connectivity index (χ2n) is 9.99. The van der Waals surface area contributed by atoms with E-state index in [0.717, 1.165) is 28.3 Å². The van der Waals surface area contributed by atoms with E-state index in [1.807, 2.05) is 109 Å². The average Bonchev–Trinajstić information content (AvgIpc) is 3.12. The molecule has 7 aromatic rings. The third-order valence-corrected chi connectivity index (χ3v) is 5.31. The molecule has 0 saturated heterocycles. The molecule has 0 aliphatic carbocycles. The second-order valence-corrected chi connectivity index (χ2v) is 9.99. The Morgan fingerprint density at radius 1 is 0.286 bits per heavy atom. The Morgan fingerprint density at radius 2 is 0.837 bits per heavy atom. The lowest BCUT2D eigenvalue weighted by molar-refractivity contribution is 1.10. The summed E-state index contributed by atoms with van der Waals surface area (Å²) in [4.78, 5) is 42.2. The molecular formula is C38H45N11. The van der Waals surface area contributed by atoms with Gasteiger partial charge in [-0.1, -0.05) is 12.1 Å². The molecule has 0 spiro atoms. The molecule has 252 valence electrons. The van der Waals surface area contributed by atoms with Gasteiger partial charge in [-0.2, -0.15) is 0 Å². The molecule has 0 atom stereocenters. The van der Waals surface area contributed by atoms with Crippen LogP contribution in [0.1, 0.15) is 39.5 Å². The van der Waals surface area contributed by atoms with Crippen molar-refractivity contribution in [2.75, 3.05) is 0 Å². The first kappa shape index (κ1) is 40.8. The largest absolute Gasteiger partial charge is 0.265 e. The SMILES string of the molecule is Cc1ccccn1.Cc1cccnc1.Cc1ccncc1.Cc1ccncn1.Cc1ccncn1.Cc1cnccn1.Cc1cncnc1. The monoisotopic (exact) mass is 655 g/mol. The van der Waals surface area contributed by atoms with Crippen molar-refractivity contribution in [3.05, 3.63) is 187 Å². The van der Waals surface area contributed by atoms with Crippen LogP contribution in [-0.2, 0) is 0 Å². The van der Waals surface area contributed by atoms with Gasteiger partial charge in [-0.3, -0.25) is 24.9 Å². The van der Waals surface area contributed by atoms with E-state index >= 15 is 0 Å². The quantitative estimate of drug-likeness (QED) is 0.162. The van der Waals surface area contributed by atoms with E-state index in [1.165, 1.54) is 30.1 Å². The lowest BCUT2D eigenvalue weighted by atomic mass is 10.3. The lowest BCUT2D eigenvalue weighted by Crippen LogP contribution is -1.77. The van der Waals surface area contributed by atoms with Crippen LogP contribution in [0.15, 0.2) is 148 Å². The zero-order chi connectivity index (χ0) is 35.8. The maximum absolute atomic E-state index is 3.98. The van der Waals surface area contributed by atoms with Crippen molar-refractivity contribution in [2.24, 2.45) is 0 Å². The van der Waals surface area contributed by atoms with E-state index in [4.69, 9.17) is 0 Å². The van der Waals surface area contributed by atoms with Gasteiger partial charge in [-0.05, 0) is 108 Å². The van der Waals surface area contributed by atoms with Gasteiger partial charge < -0.3 is 0 Å². The Bertz CT molecular complexity index is 1320. The Labute approximate surface area is 290 Å². The molecule has 7 rings (SSSR count). The van der Waals surface area contributed by atoms with Crippen LogP contribution in [-0.4, -0.2) is 54.8 Å². The van der Waals surface area contributed by atoms with Gasteiger partial charge in [0.1, 0.15) is 19.0 Å². The van der Waals surface area contributed by atoms with Gasteiger partial charge in [0, 0.05) is 91.4 Å². The van der Waals surface area contributed by atoms with E-state index in [2.05, 4.69) is 54.8 Å². The molecule has 11 nitrogen and oxygen atoms in total. The lowest BCUT2D eigenvalue weighted by Gasteiger charge is -1.82. The fourth-order valence-corrected chi connectivity index (χ4v) is 2.78. The highest BCUT2D eigenvalue weighted by Crippen LogP contribution is 1.90. The van der Waals surface area contributed by atoms with E-state index < -0.39 is 0 Å². The van der Waals surface area contributed by atoms with Gasteiger partial charge in [0.15, 0.2) is 0 Å². The van der Waals surface area contributed by atoms with Crippen LogP contribution in [0.2, 0.25) is 0 Å². The van der Waals surface area contributed by atoms with Crippen molar-refractivity contribution >= 4 is 0 Å². The molecule has 0 saturated carbocycles. The Hall–Kier alpha value is -6.23. The summed E-state index contributed by atoms with van der Waals surface area (Å²) >= 11 is 0. The first-order chi connectivity index (χ1) is 23.8. The van der Waals surface area contributed by atoms with E-state index in [-0.39, 0.29) is 0 Å². The van der Waals surface area contributed by atoms with Crippen molar-refractivity contribution in [3.8, 4) is 0 Å². The second kappa shape index (κ2) is 28.0.